The van der Waals surface area contributed by atoms with E-state index >= 15 is 0 Å². The Kier molecular flexibility index (Phi) is 5.44. The van der Waals surface area contributed by atoms with Crippen molar-refractivity contribution in [3.05, 3.63) is 53.5 Å². The maximum atomic E-state index is 6.47. The standard InChI is InChI=1S/C21H26N8/c1-15-14-18(27-26-15)24-20-19(22)21(29-12-10-28(2)11-13-29)25-17(23-20)9-8-16-6-4-3-5-7-16/h3-9,14H,10-13,22H2,1-2H3,(H2,23,24,25,26,27). The molecule has 29 heavy (non-hydrogen) atoms. The van der Waals surface area contributed by atoms with Crippen molar-refractivity contribution < 1.29 is 0 Å². The van der Waals surface area contributed by atoms with Crippen molar-refractivity contribution in [3.8, 4) is 0 Å². The van der Waals surface area contributed by atoms with Gasteiger partial charge < -0.3 is 20.9 Å². The number of H-pyrrole nitrogens is 1. The van der Waals surface area contributed by atoms with Crippen molar-refractivity contribution in [1.29, 1.82) is 0 Å². The molecule has 0 spiro atoms. The van der Waals surface area contributed by atoms with Crippen LogP contribution in [0.25, 0.3) is 12.2 Å². The highest BCUT2D eigenvalue weighted by atomic mass is 15.3. The predicted octanol–water partition coefficient (Wildman–Crippen LogP) is 2.76. The Morgan fingerprint density at radius 2 is 1.83 bits per heavy atom. The first-order chi connectivity index (χ1) is 14.1. The molecule has 8 heteroatoms. The van der Waals surface area contributed by atoms with Crippen molar-refractivity contribution in [2.45, 2.75) is 6.92 Å². The maximum Gasteiger partial charge on any atom is 0.161 e. The van der Waals surface area contributed by atoms with Gasteiger partial charge >= 0.3 is 0 Å². The summed E-state index contributed by atoms with van der Waals surface area (Å²) in [5, 5.41) is 10.4. The van der Waals surface area contributed by atoms with E-state index < -0.39 is 0 Å². The minimum atomic E-state index is 0.534. The molecule has 0 amide bonds. The van der Waals surface area contributed by atoms with Crippen LogP contribution in [-0.4, -0.2) is 58.3 Å². The van der Waals surface area contributed by atoms with Crippen LogP contribution in [0.15, 0.2) is 36.4 Å². The lowest BCUT2D eigenvalue weighted by Gasteiger charge is -2.34. The molecule has 3 aromatic rings. The molecule has 0 atom stereocenters. The van der Waals surface area contributed by atoms with Gasteiger partial charge in [0.05, 0.1) is 0 Å². The Balaban J connectivity index is 1.69. The van der Waals surface area contributed by atoms with Gasteiger partial charge in [0.2, 0.25) is 0 Å². The van der Waals surface area contributed by atoms with Crippen LogP contribution >= 0.6 is 0 Å². The van der Waals surface area contributed by atoms with Gasteiger partial charge in [-0.15, -0.1) is 0 Å². The molecular weight excluding hydrogens is 364 g/mol. The van der Waals surface area contributed by atoms with E-state index in [1.54, 1.807) is 0 Å². The minimum absolute atomic E-state index is 0.534. The summed E-state index contributed by atoms with van der Waals surface area (Å²) in [6, 6.07) is 12.0. The topological polar surface area (TPSA) is 99.0 Å². The molecule has 150 valence electrons. The van der Waals surface area contributed by atoms with E-state index in [9.17, 15) is 0 Å². The molecule has 0 bridgehead atoms. The molecule has 4 rings (SSSR count). The largest absolute Gasteiger partial charge is 0.393 e. The van der Waals surface area contributed by atoms with Crippen molar-refractivity contribution in [1.82, 2.24) is 25.1 Å². The number of hydrogen-bond donors (Lipinski definition) is 3. The highest BCUT2D eigenvalue weighted by Crippen LogP contribution is 2.30. The Labute approximate surface area is 170 Å². The second-order valence-corrected chi connectivity index (χ2v) is 7.26. The lowest BCUT2D eigenvalue weighted by Crippen LogP contribution is -2.45. The van der Waals surface area contributed by atoms with E-state index in [0.717, 1.165) is 43.3 Å². The Morgan fingerprint density at radius 1 is 1.07 bits per heavy atom. The fourth-order valence-electron chi connectivity index (χ4n) is 3.24. The fourth-order valence-corrected chi connectivity index (χ4v) is 3.24. The van der Waals surface area contributed by atoms with E-state index in [-0.39, 0.29) is 0 Å². The van der Waals surface area contributed by atoms with Crippen LogP contribution in [0.1, 0.15) is 17.1 Å². The molecule has 0 unspecified atom stereocenters. The summed E-state index contributed by atoms with van der Waals surface area (Å²) in [6.07, 6.45) is 3.91. The summed E-state index contributed by atoms with van der Waals surface area (Å²) >= 11 is 0. The fraction of sp³-hybridized carbons (Fsp3) is 0.286. The van der Waals surface area contributed by atoms with Crippen LogP contribution in [0.3, 0.4) is 0 Å². The molecule has 3 heterocycles. The first kappa shape index (κ1) is 18.9. The van der Waals surface area contributed by atoms with Crippen LogP contribution in [0.5, 0.6) is 0 Å². The van der Waals surface area contributed by atoms with Gasteiger partial charge in [0, 0.05) is 37.9 Å². The monoisotopic (exact) mass is 390 g/mol. The van der Waals surface area contributed by atoms with E-state index in [1.807, 2.05) is 55.5 Å². The highest BCUT2D eigenvalue weighted by Gasteiger charge is 2.21. The van der Waals surface area contributed by atoms with Gasteiger partial charge in [-0.25, -0.2) is 9.97 Å². The molecular formula is C21H26N8. The first-order valence-corrected chi connectivity index (χ1v) is 9.71. The molecule has 0 radical (unpaired) electrons. The van der Waals surface area contributed by atoms with Gasteiger partial charge in [-0.3, -0.25) is 5.10 Å². The number of aromatic nitrogens is 4. The van der Waals surface area contributed by atoms with Gasteiger partial charge in [0.1, 0.15) is 5.69 Å². The number of aryl methyl sites for hydroxylation is 1. The van der Waals surface area contributed by atoms with Crippen molar-refractivity contribution in [2.75, 3.05) is 49.2 Å². The molecule has 0 saturated carbocycles. The molecule has 1 aliphatic rings. The summed E-state index contributed by atoms with van der Waals surface area (Å²) in [6.45, 7) is 5.64. The van der Waals surface area contributed by atoms with E-state index in [2.05, 4.69) is 37.3 Å². The zero-order chi connectivity index (χ0) is 20.2. The molecule has 2 aromatic heterocycles. The predicted molar refractivity (Wildman–Crippen MR) is 118 cm³/mol. The van der Waals surface area contributed by atoms with Crippen molar-refractivity contribution in [3.63, 3.8) is 0 Å². The van der Waals surface area contributed by atoms with Crippen molar-refractivity contribution >= 4 is 35.3 Å². The molecule has 8 nitrogen and oxygen atoms in total. The number of nitrogens with one attached hydrogen (secondary N) is 2. The Morgan fingerprint density at radius 3 is 2.52 bits per heavy atom. The van der Waals surface area contributed by atoms with Crippen LogP contribution in [0.2, 0.25) is 0 Å². The number of nitrogens with two attached hydrogens (primary N) is 1. The number of hydrogen-bond acceptors (Lipinski definition) is 7. The third-order valence-corrected chi connectivity index (χ3v) is 4.92. The molecule has 1 saturated heterocycles. The average Bonchev–Trinajstić information content (AvgIpc) is 3.14. The van der Waals surface area contributed by atoms with Gasteiger partial charge in [0.25, 0.3) is 0 Å². The number of nitrogen functional groups attached to an aromatic ring is 1. The normalized spacial score (nSPS) is 15.2. The van der Waals surface area contributed by atoms with Gasteiger partial charge in [-0.1, -0.05) is 36.4 Å². The number of aromatic amines is 1. The molecule has 0 aliphatic carbocycles. The van der Waals surface area contributed by atoms with E-state index in [1.165, 1.54) is 0 Å². The summed E-state index contributed by atoms with van der Waals surface area (Å²) in [5.41, 5.74) is 9.06. The summed E-state index contributed by atoms with van der Waals surface area (Å²) in [4.78, 5) is 13.9. The quantitative estimate of drug-likeness (QED) is 0.616. The van der Waals surface area contributed by atoms with Crippen LogP contribution in [0.4, 0.5) is 23.1 Å². The molecule has 1 fully saturated rings. The van der Waals surface area contributed by atoms with Crippen LogP contribution in [-0.2, 0) is 0 Å². The first-order valence-electron chi connectivity index (χ1n) is 9.71. The maximum absolute atomic E-state index is 6.47. The lowest BCUT2D eigenvalue weighted by atomic mass is 10.2. The Bertz CT molecular complexity index is 987. The zero-order valence-electron chi connectivity index (χ0n) is 16.8. The third kappa shape index (κ3) is 4.55. The number of piperazine rings is 1. The second-order valence-electron chi connectivity index (χ2n) is 7.26. The van der Waals surface area contributed by atoms with Gasteiger partial charge in [-0.05, 0) is 25.6 Å². The summed E-state index contributed by atoms with van der Waals surface area (Å²) in [5.74, 6) is 2.60. The molecule has 4 N–H and O–H groups in total. The number of rotatable bonds is 5. The van der Waals surface area contributed by atoms with Gasteiger partial charge in [-0.2, -0.15) is 5.10 Å². The van der Waals surface area contributed by atoms with Crippen LogP contribution < -0.4 is 16.0 Å². The number of anilines is 4. The third-order valence-electron chi connectivity index (χ3n) is 4.92. The number of nitrogens with zero attached hydrogens (tertiary/aromatic N) is 5. The SMILES string of the molecule is Cc1cc(Nc2nc(C=Cc3ccccc3)nc(N3CCN(C)CC3)c2N)n[nH]1. The zero-order valence-corrected chi connectivity index (χ0v) is 16.8. The lowest BCUT2D eigenvalue weighted by molar-refractivity contribution is 0.312. The van der Waals surface area contributed by atoms with Crippen LogP contribution in [0, 0.1) is 6.92 Å². The summed E-state index contributed by atoms with van der Waals surface area (Å²) < 4.78 is 0. The smallest absolute Gasteiger partial charge is 0.161 e. The van der Waals surface area contributed by atoms with Gasteiger partial charge in [0.15, 0.2) is 23.3 Å². The van der Waals surface area contributed by atoms with E-state index in [4.69, 9.17) is 10.7 Å². The van der Waals surface area contributed by atoms with Crippen molar-refractivity contribution in [2.24, 2.45) is 0 Å². The Hall–Kier alpha value is -3.39. The second kappa shape index (κ2) is 8.32. The number of benzene rings is 1. The molecule has 1 aromatic carbocycles. The average molecular weight is 390 g/mol. The minimum Gasteiger partial charge on any atom is -0.393 e. The van der Waals surface area contributed by atoms with E-state index in [0.29, 0.717) is 23.1 Å². The highest BCUT2D eigenvalue weighted by molar-refractivity contribution is 5.80. The summed E-state index contributed by atoms with van der Waals surface area (Å²) in [7, 11) is 2.13. The number of likely N-dealkylation sites (N-methyl/N-ethyl adjacent to an activating group) is 1. The molecule has 1 aliphatic heterocycles.